The fraction of sp³-hybridized carbons (Fsp3) is 0.364. The summed E-state index contributed by atoms with van der Waals surface area (Å²) in [6.45, 7) is 0.799. The van der Waals surface area contributed by atoms with Crippen LogP contribution in [0.2, 0.25) is 0 Å². The Morgan fingerprint density at radius 2 is 2.33 bits per heavy atom. The van der Waals surface area contributed by atoms with Crippen molar-refractivity contribution in [3.05, 3.63) is 17.3 Å². The fourth-order valence-electron chi connectivity index (χ4n) is 1.62. The third-order valence-corrected chi connectivity index (χ3v) is 3.31. The molecule has 96 valence electrons. The summed E-state index contributed by atoms with van der Waals surface area (Å²) in [6.07, 6.45) is 0. The Bertz CT molecular complexity index is 568. The van der Waals surface area contributed by atoms with Gasteiger partial charge in [0, 0.05) is 7.05 Å². The van der Waals surface area contributed by atoms with Gasteiger partial charge >= 0.3 is 0 Å². The SMILES string of the molecule is CNC(=O)CN(C)Cc1nc(N)c2ccsc2n1. The molecule has 0 radical (unpaired) electrons. The number of nitrogens with one attached hydrogen (secondary N) is 1. The van der Waals surface area contributed by atoms with Crippen molar-refractivity contribution < 1.29 is 4.79 Å². The molecule has 0 saturated heterocycles. The van der Waals surface area contributed by atoms with Crippen LogP contribution in [0.25, 0.3) is 10.2 Å². The topological polar surface area (TPSA) is 84.1 Å². The quantitative estimate of drug-likeness (QED) is 0.838. The molecule has 0 saturated carbocycles. The highest BCUT2D eigenvalue weighted by Crippen LogP contribution is 2.22. The van der Waals surface area contributed by atoms with Crippen molar-refractivity contribution in [3.63, 3.8) is 0 Å². The predicted molar refractivity (Wildman–Crippen MR) is 72.2 cm³/mol. The summed E-state index contributed by atoms with van der Waals surface area (Å²) in [5.41, 5.74) is 5.86. The average Bonchev–Trinajstić information content (AvgIpc) is 2.77. The number of anilines is 1. The van der Waals surface area contributed by atoms with Gasteiger partial charge in [-0.25, -0.2) is 9.97 Å². The lowest BCUT2D eigenvalue weighted by Gasteiger charge is -2.14. The van der Waals surface area contributed by atoms with Crippen LogP contribution in [0.4, 0.5) is 5.82 Å². The van der Waals surface area contributed by atoms with Crippen molar-refractivity contribution in [2.75, 3.05) is 26.4 Å². The molecule has 6 nitrogen and oxygen atoms in total. The molecular formula is C11H15N5OS. The molecule has 2 rings (SSSR count). The number of amides is 1. The van der Waals surface area contributed by atoms with Crippen LogP contribution in [0.1, 0.15) is 5.82 Å². The van der Waals surface area contributed by atoms with Gasteiger partial charge in [-0.1, -0.05) is 0 Å². The maximum Gasteiger partial charge on any atom is 0.233 e. The Morgan fingerprint density at radius 3 is 3.06 bits per heavy atom. The molecule has 0 unspecified atom stereocenters. The molecule has 2 heterocycles. The van der Waals surface area contributed by atoms with Crippen LogP contribution in [0.15, 0.2) is 11.4 Å². The van der Waals surface area contributed by atoms with Crippen LogP contribution in [-0.4, -0.2) is 41.4 Å². The molecule has 0 aliphatic rings. The maximum absolute atomic E-state index is 11.2. The monoisotopic (exact) mass is 265 g/mol. The molecule has 2 aromatic heterocycles. The van der Waals surface area contributed by atoms with Crippen molar-refractivity contribution in [1.29, 1.82) is 0 Å². The first kappa shape index (κ1) is 12.7. The number of fused-ring (bicyclic) bond motifs is 1. The number of hydrogen-bond donors (Lipinski definition) is 2. The zero-order chi connectivity index (χ0) is 13.1. The number of nitrogens with two attached hydrogens (primary N) is 1. The first-order valence-corrected chi connectivity index (χ1v) is 6.37. The summed E-state index contributed by atoms with van der Waals surface area (Å²) in [4.78, 5) is 22.6. The van der Waals surface area contributed by atoms with Gasteiger partial charge in [-0.2, -0.15) is 0 Å². The zero-order valence-electron chi connectivity index (χ0n) is 10.3. The van der Waals surface area contributed by atoms with Crippen molar-refractivity contribution >= 4 is 33.3 Å². The molecule has 0 atom stereocenters. The summed E-state index contributed by atoms with van der Waals surface area (Å²) in [7, 11) is 3.45. The molecule has 0 bridgehead atoms. The van der Waals surface area contributed by atoms with Gasteiger partial charge in [-0.15, -0.1) is 11.3 Å². The van der Waals surface area contributed by atoms with E-state index in [0.717, 1.165) is 10.2 Å². The highest BCUT2D eigenvalue weighted by molar-refractivity contribution is 7.16. The van der Waals surface area contributed by atoms with Gasteiger partial charge in [0.05, 0.1) is 18.5 Å². The van der Waals surface area contributed by atoms with E-state index in [-0.39, 0.29) is 5.91 Å². The molecule has 0 fully saturated rings. The average molecular weight is 265 g/mol. The summed E-state index contributed by atoms with van der Waals surface area (Å²) in [6, 6.07) is 1.91. The largest absolute Gasteiger partial charge is 0.383 e. The fourth-order valence-corrected chi connectivity index (χ4v) is 2.41. The second kappa shape index (κ2) is 5.28. The molecule has 0 aliphatic carbocycles. The third kappa shape index (κ3) is 2.74. The van der Waals surface area contributed by atoms with E-state index < -0.39 is 0 Å². The van der Waals surface area contributed by atoms with Crippen molar-refractivity contribution in [3.8, 4) is 0 Å². The minimum atomic E-state index is -0.0392. The Hall–Kier alpha value is -1.73. The molecular weight excluding hydrogens is 250 g/mol. The highest BCUT2D eigenvalue weighted by Gasteiger charge is 2.10. The van der Waals surface area contributed by atoms with Crippen LogP contribution in [0.3, 0.4) is 0 Å². The van der Waals surface area contributed by atoms with Gasteiger partial charge in [0.15, 0.2) is 0 Å². The summed E-state index contributed by atoms with van der Waals surface area (Å²) in [5, 5.41) is 5.40. The van der Waals surface area contributed by atoms with Gasteiger partial charge in [-0.3, -0.25) is 9.69 Å². The predicted octanol–water partition coefficient (Wildman–Crippen LogP) is 0.451. The lowest BCUT2D eigenvalue weighted by Crippen LogP contribution is -2.33. The molecule has 0 spiro atoms. The van der Waals surface area contributed by atoms with E-state index in [1.807, 2.05) is 23.4 Å². The van der Waals surface area contributed by atoms with Crippen LogP contribution in [0.5, 0.6) is 0 Å². The van der Waals surface area contributed by atoms with Gasteiger partial charge in [0.2, 0.25) is 5.91 Å². The van der Waals surface area contributed by atoms with E-state index in [1.54, 1.807) is 7.05 Å². The van der Waals surface area contributed by atoms with Crippen LogP contribution in [0, 0.1) is 0 Å². The molecule has 3 N–H and O–H groups in total. The van der Waals surface area contributed by atoms with Crippen molar-refractivity contribution in [2.45, 2.75) is 6.54 Å². The van der Waals surface area contributed by atoms with Crippen molar-refractivity contribution in [1.82, 2.24) is 20.2 Å². The Morgan fingerprint density at radius 1 is 1.56 bits per heavy atom. The Balaban J connectivity index is 2.14. The second-order valence-corrected chi connectivity index (χ2v) is 4.90. The molecule has 1 amide bonds. The molecule has 18 heavy (non-hydrogen) atoms. The smallest absolute Gasteiger partial charge is 0.233 e. The van der Waals surface area contributed by atoms with E-state index in [2.05, 4.69) is 15.3 Å². The molecule has 2 aromatic rings. The second-order valence-electron chi connectivity index (χ2n) is 4.01. The van der Waals surface area contributed by atoms with Crippen LogP contribution in [-0.2, 0) is 11.3 Å². The van der Waals surface area contributed by atoms with Gasteiger partial charge in [0.1, 0.15) is 16.5 Å². The highest BCUT2D eigenvalue weighted by atomic mass is 32.1. The van der Waals surface area contributed by atoms with Crippen LogP contribution >= 0.6 is 11.3 Å². The number of nitrogens with zero attached hydrogens (tertiary/aromatic N) is 3. The van der Waals surface area contributed by atoms with Gasteiger partial charge < -0.3 is 11.1 Å². The minimum Gasteiger partial charge on any atom is -0.383 e. The molecule has 0 aliphatic heterocycles. The van der Waals surface area contributed by atoms with Crippen molar-refractivity contribution in [2.24, 2.45) is 0 Å². The van der Waals surface area contributed by atoms with Gasteiger partial charge in [-0.05, 0) is 18.5 Å². The van der Waals surface area contributed by atoms with E-state index in [9.17, 15) is 4.79 Å². The molecule has 0 aromatic carbocycles. The standard InChI is InChI=1S/C11H15N5OS/c1-13-9(17)6-16(2)5-8-14-10(12)7-3-4-18-11(7)15-8/h3-4H,5-6H2,1-2H3,(H,13,17)(H2,12,14,15). The number of carbonyl (C=O) groups excluding carboxylic acids is 1. The third-order valence-electron chi connectivity index (χ3n) is 2.50. The summed E-state index contributed by atoms with van der Waals surface area (Å²) < 4.78 is 0. The maximum atomic E-state index is 11.2. The zero-order valence-corrected chi connectivity index (χ0v) is 11.1. The Kier molecular flexibility index (Phi) is 3.73. The van der Waals surface area contributed by atoms with E-state index in [0.29, 0.717) is 24.7 Å². The van der Waals surface area contributed by atoms with Gasteiger partial charge in [0.25, 0.3) is 0 Å². The number of likely N-dealkylation sites (N-methyl/N-ethyl adjacent to an activating group) is 2. The number of hydrogen-bond acceptors (Lipinski definition) is 6. The summed E-state index contributed by atoms with van der Waals surface area (Å²) >= 11 is 1.53. The first-order valence-electron chi connectivity index (χ1n) is 5.49. The normalized spacial score (nSPS) is 11.1. The molecule has 7 heteroatoms. The number of aromatic nitrogens is 2. The van der Waals surface area contributed by atoms with E-state index in [4.69, 9.17) is 5.73 Å². The number of thiophene rings is 1. The lowest BCUT2D eigenvalue weighted by atomic mass is 10.3. The minimum absolute atomic E-state index is 0.0392. The number of rotatable bonds is 4. The Labute approximate surface area is 109 Å². The first-order chi connectivity index (χ1) is 8.60. The van der Waals surface area contributed by atoms with Crippen LogP contribution < -0.4 is 11.1 Å². The number of carbonyl (C=O) groups is 1. The number of nitrogen functional groups attached to an aromatic ring is 1. The van der Waals surface area contributed by atoms with E-state index >= 15 is 0 Å². The summed E-state index contributed by atoms with van der Waals surface area (Å²) in [5.74, 6) is 1.08. The van der Waals surface area contributed by atoms with E-state index in [1.165, 1.54) is 11.3 Å². The lowest BCUT2D eigenvalue weighted by molar-refractivity contribution is -0.121.